The molecule has 0 saturated carbocycles. The molecule has 1 aromatic carbocycles. The number of hydrogen-bond donors (Lipinski definition) is 2. The third-order valence-corrected chi connectivity index (χ3v) is 2.85. The van der Waals surface area contributed by atoms with Crippen molar-refractivity contribution in [1.29, 1.82) is 0 Å². The summed E-state index contributed by atoms with van der Waals surface area (Å²) in [7, 11) is 1.80. The molecule has 1 unspecified atom stereocenters. The Morgan fingerprint density at radius 3 is 2.50 bits per heavy atom. The van der Waals surface area contributed by atoms with Crippen LogP contribution in [0.5, 0.6) is 0 Å². The Morgan fingerprint density at radius 2 is 2.00 bits per heavy atom. The van der Waals surface area contributed by atoms with E-state index >= 15 is 0 Å². The fourth-order valence-corrected chi connectivity index (χ4v) is 2.09. The largest absolute Gasteiger partial charge is 0.341 e. The first-order chi connectivity index (χ1) is 6.77. The maximum absolute atomic E-state index is 4.17. The van der Waals surface area contributed by atoms with Crippen LogP contribution >= 0.6 is 28.4 Å². The number of nitrogens with one attached hydrogen (secondary N) is 2. The number of hydrazone groups is 1. The minimum Gasteiger partial charge on any atom is -0.341 e. The van der Waals surface area contributed by atoms with E-state index < -0.39 is 0 Å². The van der Waals surface area contributed by atoms with E-state index in [4.69, 9.17) is 0 Å². The van der Waals surface area contributed by atoms with Crippen molar-refractivity contribution in [3.8, 4) is 0 Å². The SMILES string of the molecule is CN/N=C(\NPI)c1ccc(C)cc1. The predicted molar refractivity (Wildman–Crippen MR) is 72.2 cm³/mol. The molecule has 14 heavy (non-hydrogen) atoms. The molecule has 76 valence electrons. The summed E-state index contributed by atoms with van der Waals surface area (Å²) in [6.07, 6.45) is 0.620. The normalized spacial score (nSPS) is 12.1. The first-order valence-electron chi connectivity index (χ1n) is 4.21. The molecule has 0 aromatic heterocycles. The second-order valence-electron chi connectivity index (χ2n) is 2.77. The van der Waals surface area contributed by atoms with Gasteiger partial charge >= 0.3 is 0 Å². The Morgan fingerprint density at radius 1 is 1.36 bits per heavy atom. The third kappa shape index (κ3) is 3.42. The van der Waals surface area contributed by atoms with E-state index in [9.17, 15) is 0 Å². The molecular formula is C9H13IN3P. The molecule has 0 saturated heterocycles. The summed E-state index contributed by atoms with van der Waals surface area (Å²) in [6.45, 7) is 2.08. The van der Waals surface area contributed by atoms with Crippen LogP contribution in [0.4, 0.5) is 0 Å². The zero-order chi connectivity index (χ0) is 10.4. The molecule has 0 fully saturated rings. The molecule has 0 aliphatic rings. The summed E-state index contributed by atoms with van der Waals surface area (Å²) >= 11 is 2.28. The number of benzene rings is 1. The molecule has 5 heteroatoms. The highest BCUT2D eigenvalue weighted by molar-refractivity contribution is 14.2. The maximum Gasteiger partial charge on any atom is 0.156 e. The van der Waals surface area contributed by atoms with Crippen molar-refractivity contribution in [2.24, 2.45) is 5.10 Å². The van der Waals surface area contributed by atoms with Gasteiger partial charge < -0.3 is 10.5 Å². The second kappa shape index (κ2) is 6.19. The van der Waals surface area contributed by atoms with Gasteiger partial charge in [0.15, 0.2) is 5.84 Å². The van der Waals surface area contributed by atoms with Crippen molar-refractivity contribution >= 4 is 34.3 Å². The lowest BCUT2D eigenvalue weighted by Crippen LogP contribution is -2.18. The summed E-state index contributed by atoms with van der Waals surface area (Å²) in [5.74, 6) is 0.889. The van der Waals surface area contributed by atoms with Crippen molar-refractivity contribution in [1.82, 2.24) is 10.5 Å². The molecule has 2 N–H and O–H groups in total. The van der Waals surface area contributed by atoms with Crippen molar-refractivity contribution in [3.63, 3.8) is 0 Å². The Kier molecular flexibility index (Phi) is 5.19. The highest BCUT2D eigenvalue weighted by Crippen LogP contribution is 2.16. The van der Waals surface area contributed by atoms with Crippen molar-refractivity contribution in [2.75, 3.05) is 7.05 Å². The van der Waals surface area contributed by atoms with Gasteiger partial charge in [-0.25, -0.2) is 0 Å². The molecule has 1 aromatic rings. The third-order valence-electron chi connectivity index (χ3n) is 1.71. The smallest absolute Gasteiger partial charge is 0.156 e. The van der Waals surface area contributed by atoms with Crippen molar-refractivity contribution in [3.05, 3.63) is 35.4 Å². The van der Waals surface area contributed by atoms with Gasteiger partial charge in [-0.15, -0.1) is 0 Å². The molecule has 0 bridgehead atoms. The molecule has 0 radical (unpaired) electrons. The highest BCUT2D eigenvalue weighted by Gasteiger charge is 2.00. The van der Waals surface area contributed by atoms with E-state index in [0.29, 0.717) is 6.37 Å². The van der Waals surface area contributed by atoms with Crippen LogP contribution in [-0.2, 0) is 0 Å². The van der Waals surface area contributed by atoms with E-state index in [2.05, 4.69) is 68.8 Å². The van der Waals surface area contributed by atoms with E-state index in [1.165, 1.54) is 5.56 Å². The van der Waals surface area contributed by atoms with Crippen LogP contribution in [0, 0.1) is 6.92 Å². The van der Waals surface area contributed by atoms with Gasteiger partial charge in [0, 0.05) is 19.0 Å². The number of hydrogen-bond acceptors (Lipinski definition) is 2. The molecular weight excluding hydrogens is 308 g/mol. The molecule has 0 aliphatic carbocycles. The van der Waals surface area contributed by atoms with E-state index in [-0.39, 0.29) is 0 Å². The van der Waals surface area contributed by atoms with Gasteiger partial charge in [-0.3, -0.25) is 0 Å². The quantitative estimate of drug-likeness (QED) is 0.295. The standard InChI is InChI=1S/C9H13IN3P/c1-7-3-5-8(6-4-7)9(12-11-2)13-14-10/h3-6,11,14H,1-2H3,(H,12,13). The lowest BCUT2D eigenvalue weighted by atomic mass is 10.1. The van der Waals surface area contributed by atoms with Gasteiger partial charge in [-0.2, -0.15) is 5.10 Å². The number of amidine groups is 1. The van der Waals surface area contributed by atoms with E-state index in [1.807, 2.05) is 0 Å². The van der Waals surface area contributed by atoms with Crippen molar-refractivity contribution in [2.45, 2.75) is 6.92 Å². The van der Waals surface area contributed by atoms with Crippen LogP contribution in [0.25, 0.3) is 0 Å². The van der Waals surface area contributed by atoms with Gasteiger partial charge in [0.1, 0.15) is 0 Å². The lowest BCUT2D eigenvalue weighted by Gasteiger charge is -2.06. The zero-order valence-corrected chi connectivity index (χ0v) is 11.3. The van der Waals surface area contributed by atoms with Gasteiger partial charge in [-0.05, 0) is 29.0 Å². The topological polar surface area (TPSA) is 36.4 Å². The fourth-order valence-electron chi connectivity index (χ4n) is 1.03. The monoisotopic (exact) mass is 321 g/mol. The lowest BCUT2D eigenvalue weighted by molar-refractivity contribution is 0.895. The fraction of sp³-hybridized carbons (Fsp3) is 0.222. The number of rotatable bonds is 3. The molecule has 0 aliphatic heterocycles. The average molecular weight is 321 g/mol. The summed E-state index contributed by atoms with van der Waals surface area (Å²) < 4.78 is 0. The molecule has 3 nitrogen and oxygen atoms in total. The summed E-state index contributed by atoms with van der Waals surface area (Å²) in [5.41, 5.74) is 5.16. The van der Waals surface area contributed by atoms with Crippen molar-refractivity contribution < 1.29 is 0 Å². The highest BCUT2D eigenvalue weighted by atomic mass is 127. The molecule has 0 spiro atoms. The Bertz CT molecular complexity index is 310. The molecule has 0 heterocycles. The van der Waals surface area contributed by atoms with Crippen LogP contribution in [-0.4, -0.2) is 12.9 Å². The molecule has 1 rings (SSSR count). The Labute approximate surface area is 99.1 Å². The van der Waals surface area contributed by atoms with Crippen LogP contribution in [0.2, 0.25) is 0 Å². The summed E-state index contributed by atoms with van der Waals surface area (Å²) in [5, 5.41) is 7.39. The number of aryl methyl sites for hydroxylation is 1. The average Bonchev–Trinajstić information content (AvgIpc) is 2.19. The van der Waals surface area contributed by atoms with E-state index in [1.54, 1.807) is 7.05 Å². The Hall–Kier alpha value is -0.350. The van der Waals surface area contributed by atoms with Gasteiger partial charge in [0.2, 0.25) is 0 Å². The van der Waals surface area contributed by atoms with Gasteiger partial charge in [-0.1, -0.05) is 29.8 Å². The maximum atomic E-state index is 4.17. The molecule has 1 atom stereocenters. The summed E-state index contributed by atoms with van der Waals surface area (Å²) in [6, 6.07) is 8.29. The first-order valence-corrected chi connectivity index (χ1v) is 8.32. The second-order valence-corrected chi connectivity index (χ2v) is 4.83. The van der Waals surface area contributed by atoms with Gasteiger partial charge in [0.05, 0.1) is 0 Å². The summed E-state index contributed by atoms with van der Waals surface area (Å²) in [4.78, 5) is 0. The minimum absolute atomic E-state index is 0.620. The van der Waals surface area contributed by atoms with Crippen LogP contribution < -0.4 is 10.5 Å². The van der Waals surface area contributed by atoms with Gasteiger partial charge in [0.25, 0.3) is 0 Å². The Balaban J connectivity index is 2.88. The first kappa shape index (κ1) is 11.7. The minimum atomic E-state index is 0.620. The van der Waals surface area contributed by atoms with Crippen LogP contribution in [0.3, 0.4) is 0 Å². The van der Waals surface area contributed by atoms with E-state index in [0.717, 1.165) is 11.4 Å². The number of nitrogens with zero attached hydrogens (tertiary/aromatic N) is 1. The zero-order valence-electron chi connectivity index (χ0n) is 8.13. The van der Waals surface area contributed by atoms with Crippen LogP contribution in [0.1, 0.15) is 11.1 Å². The van der Waals surface area contributed by atoms with Crippen LogP contribution in [0.15, 0.2) is 29.4 Å². The number of halogens is 1. The molecule has 0 amide bonds. The predicted octanol–water partition coefficient (Wildman–Crippen LogP) is 2.41.